The molecule has 0 heterocycles. The van der Waals surface area contributed by atoms with Gasteiger partial charge in [-0.3, -0.25) is 0 Å². The van der Waals surface area contributed by atoms with Gasteiger partial charge in [-0.25, -0.2) is 0 Å². The lowest BCUT2D eigenvalue weighted by Gasteiger charge is -2.11. The number of halogens is 1. The maximum absolute atomic E-state index is 5.18. The molecule has 0 radical (unpaired) electrons. The van der Waals surface area contributed by atoms with E-state index in [1.807, 2.05) is 18.2 Å². The Morgan fingerprint density at radius 3 is 3.00 bits per heavy atom. The van der Waals surface area contributed by atoms with Gasteiger partial charge in [0.1, 0.15) is 0 Å². The lowest BCUT2D eigenvalue weighted by Crippen LogP contribution is -2.03. The summed E-state index contributed by atoms with van der Waals surface area (Å²) in [7, 11) is 1.67. The van der Waals surface area contributed by atoms with Gasteiger partial charge < -0.3 is 10.1 Å². The zero-order valence-corrected chi connectivity index (χ0v) is 9.60. The maximum atomic E-state index is 5.18. The molecule has 1 aromatic carbocycles. The van der Waals surface area contributed by atoms with Crippen LogP contribution >= 0.6 is 15.9 Å². The van der Waals surface area contributed by atoms with Crippen molar-refractivity contribution < 1.29 is 4.74 Å². The Labute approximate surface area is 92.8 Å². The van der Waals surface area contributed by atoms with Gasteiger partial charge in [-0.1, -0.05) is 27.9 Å². The predicted octanol–water partition coefficient (Wildman–Crippen LogP) is 2.64. The van der Waals surface area contributed by atoms with Gasteiger partial charge in [-0.05, 0) is 12.1 Å². The second kappa shape index (κ2) is 5.69. The van der Waals surface area contributed by atoms with Crippen LogP contribution in [0.3, 0.4) is 0 Å². The predicted molar refractivity (Wildman–Crippen MR) is 62.2 cm³/mol. The molecule has 0 unspecified atom stereocenters. The molecule has 0 aliphatic heterocycles. The van der Waals surface area contributed by atoms with Gasteiger partial charge in [-0.15, -0.1) is 6.42 Å². The van der Waals surface area contributed by atoms with Crippen molar-refractivity contribution in [3.8, 4) is 12.3 Å². The number of terminal acetylenes is 1. The van der Waals surface area contributed by atoms with Gasteiger partial charge in [0.2, 0.25) is 0 Å². The van der Waals surface area contributed by atoms with E-state index in [0.29, 0.717) is 13.2 Å². The maximum Gasteiger partial charge on any atom is 0.0763 e. The summed E-state index contributed by atoms with van der Waals surface area (Å²) in [5.41, 5.74) is 2.10. The first-order valence-corrected chi connectivity index (χ1v) is 5.02. The number of ether oxygens (including phenoxy) is 1. The molecule has 74 valence electrons. The minimum Gasteiger partial charge on any atom is -0.380 e. The summed E-state index contributed by atoms with van der Waals surface area (Å²) in [6, 6.07) is 5.92. The molecule has 1 rings (SSSR count). The third-order valence-electron chi connectivity index (χ3n) is 1.79. The van der Waals surface area contributed by atoms with Crippen molar-refractivity contribution in [3.63, 3.8) is 0 Å². The average Bonchev–Trinajstić information content (AvgIpc) is 2.19. The second-order valence-electron chi connectivity index (χ2n) is 2.76. The molecular formula is C11H12BrNO. The lowest BCUT2D eigenvalue weighted by molar-refractivity contribution is 0.185. The van der Waals surface area contributed by atoms with Crippen molar-refractivity contribution in [3.05, 3.63) is 28.2 Å². The van der Waals surface area contributed by atoms with Crippen LogP contribution in [-0.2, 0) is 11.3 Å². The molecule has 1 aromatic rings. The SMILES string of the molecule is C#CCNc1cccc(Br)c1COC. The van der Waals surface area contributed by atoms with E-state index in [9.17, 15) is 0 Å². The molecule has 14 heavy (non-hydrogen) atoms. The fourth-order valence-corrected chi connectivity index (χ4v) is 1.64. The molecule has 0 aliphatic rings. The molecule has 0 aromatic heterocycles. The Morgan fingerprint density at radius 1 is 1.57 bits per heavy atom. The van der Waals surface area contributed by atoms with Gasteiger partial charge in [0.15, 0.2) is 0 Å². The van der Waals surface area contributed by atoms with Crippen LogP contribution in [0, 0.1) is 12.3 Å². The Kier molecular flexibility index (Phi) is 4.51. The van der Waals surface area contributed by atoms with Crippen LogP contribution in [-0.4, -0.2) is 13.7 Å². The highest BCUT2D eigenvalue weighted by atomic mass is 79.9. The smallest absolute Gasteiger partial charge is 0.0763 e. The third kappa shape index (κ3) is 2.76. The summed E-state index contributed by atoms with van der Waals surface area (Å²) >= 11 is 3.47. The molecule has 0 aliphatic carbocycles. The van der Waals surface area contributed by atoms with E-state index in [1.165, 1.54) is 0 Å². The first-order valence-electron chi connectivity index (χ1n) is 4.23. The Balaban J connectivity index is 2.90. The Morgan fingerprint density at radius 2 is 2.36 bits per heavy atom. The molecule has 0 spiro atoms. The van der Waals surface area contributed by atoms with Gasteiger partial charge >= 0.3 is 0 Å². The zero-order valence-electron chi connectivity index (χ0n) is 8.01. The molecule has 0 saturated carbocycles. The van der Waals surface area contributed by atoms with E-state index in [2.05, 4.69) is 27.2 Å². The van der Waals surface area contributed by atoms with Crippen molar-refractivity contribution >= 4 is 21.6 Å². The molecule has 0 bridgehead atoms. The van der Waals surface area contributed by atoms with Crippen LogP contribution in [0.2, 0.25) is 0 Å². The van der Waals surface area contributed by atoms with Crippen LogP contribution in [0.1, 0.15) is 5.56 Å². The summed E-state index contributed by atoms with van der Waals surface area (Å²) < 4.78 is 6.14. The molecule has 3 heteroatoms. The number of hydrogen-bond acceptors (Lipinski definition) is 2. The second-order valence-corrected chi connectivity index (χ2v) is 3.61. The number of rotatable bonds is 4. The molecule has 0 amide bonds. The number of benzene rings is 1. The first-order chi connectivity index (χ1) is 6.79. The standard InChI is InChI=1S/C11H12BrNO/c1-3-7-13-11-6-4-5-10(12)9(11)8-14-2/h1,4-6,13H,7-8H2,2H3. The van der Waals surface area contributed by atoms with Crippen LogP contribution in [0.5, 0.6) is 0 Å². The summed E-state index contributed by atoms with van der Waals surface area (Å²) in [4.78, 5) is 0. The van der Waals surface area contributed by atoms with Crippen molar-refractivity contribution in [2.24, 2.45) is 0 Å². The highest BCUT2D eigenvalue weighted by Crippen LogP contribution is 2.25. The Hall–Kier alpha value is -0.980. The number of hydrogen-bond donors (Lipinski definition) is 1. The quantitative estimate of drug-likeness (QED) is 0.834. The highest BCUT2D eigenvalue weighted by Gasteiger charge is 2.04. The van der Waals surface area contributed by atoms with E-state index in [0.717, 1.165) is 15.7 Å². The molecule has 1 N–H and O–H groups in total. The molecule has 0 fully saturated rings. The average molecular weight is 254 g/mol. The molecule has 0 atom stereocenters. The topological polar surface area (TPSA) is 21.3 Å². The molecule has 2 nitrogen and oxygen atoms in total. The van der Waals surface area contributed by atoms with Crippen molar-refractivity contribution in [1.29, 1.82) is 0 Å². The van der Waals surface area contributed by atoms with Crippen LogP contribution in [0.4, 0.5) is 5.69 Å². The van der Waals surface area contributed by atoms with Crippen molar-refractivity contribution in [1.82, 2.24) is 0 Å². The van der Waals surface area contributed by atoms with Crippen LogP contribution < -0.4 is 5.32 Å². The summed E-state index contributed by atoms with van der Waals surface area (Å²) in [6.45, 7) is 1.08. The molecular weight excluding hydrogens is 242 g/mol. The van der Waals surface area contributed by atoms with E-state index < -0.39 is 0 Å². The fraction of sp³-hybridized carbons (Fsp3) is 0.273. The van der Waals surface area contributed by atoms with Crippen molar-refractivity contribution in [2.75, 3.05) is 19.0 Å². The number of nitrogens with one attached hydrogen (secondary N) is 1. The molecule has 0 saturated heterocycles. The van der Waals surface area contributed by atoms with E-state index in [1.54, 1.807) is 7.11 Å². The van der Waals surface area contributed by atoms with E-state index >= 15 is 0 Å². The van der Waals surface area contributed by atoms with Gasteiger partial charge in [0, 0.05) is 22.8 Å². The van der Waals surface area contributed by atoms with Gasteiger partial charge in [0.25, 0.3) is 0 Å². The van der Waals surface area contributed by atoms with E-state index in [4.69, 9.17) is 11.2 Å². The van der Waals surface area contributed by atoms with Crippen LogP contribution in [0.15, 0.2) is 22.7 Å². The first kappa shape index (κ1) is 11.1. The summed E-state index contributed by atoms with van der Waals surface area (Å²) in [5.74, 6) is 2.54. The van der Waals surface area contributed by atoms with Crippen molar-refractivity contribution in [2.45, 2.75) is 6.61 Å². The van der Waals surface area contributed by atoms with Gasteiger partial charge in [-0.2, -0.15) is 0 Å². The Bertz CT molecular complexity index is 344. The third-order valence-corrected chi connectivity index (χ3v) is 2.53. The minimum atomic E-state index is 0.521. The summed E-state index contributed by atoms with van der Waals surface area (Å²) in [5, 5.41) is 3.14. The number of methoxy groups -OCH3 is 1. The lowest BCUT2D eigenvalue weighted by atomic mass is 10.2. The largest absolute Gasteiger partial charge is 0.380 e. The monoisotopic (exact) mass is 253 g/mol. The number of anilines is 1. The highest BCUT2D eigenvalue weighted by molar-refractivity contribution is 9.10. The van der Waals surface area contributed by atoms with E-state index in [-0.39, 0.29) is 0 Å². The minimum absolute atomic E-state index is 0.521. The fourth-order valence-electron chi connectivity index (χ4n) is 1.16. The van der Waals surface area contributed by atoms with Gasteiger partial charge in [0.05, 0.1) is 13.2 Å². The normalized spacial score (nSPS) is 9.50. The zero-order chi connectivity index (χ0) is 10.4. The van der Waals surface area contributed by atoms with Crippen LogP contribution in [0.25, 0.3) is 0 Å². The summed E-state index contributed by atoms with van der Waals surface area (Å²) in [6.07, 6.45) is 5.18.